The van der Waals surface area contributed by atoms with Gasteiger partial charge in [-0.3, -0.25) is 4.90 Å². The summed E-state index contributed by atoms with van der Waals surface area (Å²) in [5, 5.41) is 4.53. The molecular weight excluding hydrogens is 297 g/mol. The average Bonchev–Trinajstić information content (AvgIpc) is 3.04. The minimum Gasteiger partial charge on any atom is -0.380 e. The molecule has 0 radical (unpaired) electrons. The molecule has 2 saturated heterocycles. The summed E-state index contributed by atoms with van der Waals surface area (Å²) in [6, 6.07) is 8.90. The van der Waals surface area contributed by atoms with E-state index < -0.39 is 0 Å². The Balaban J connectivity index is 1.50. The van der Waals surface area contributed by atoms with Crippen molar-refractivity contribution in [3.05, 3.63) is 48.0 Å². The van der Waals surface area contributed by atoms with Crippen LogP contribution in [0.3, 0.4) is 0 Å². The zero-order chi connectivity index (χ0) is 15.6. The molecule has 2 atom stereocenters. The summed E-state index contributed by atoms with van der Waals surface area (Å²) >= 11 is 0. The van der Waals surface area contributed by atoms with Crippen molar-refractivity contribution in [3.8, 4) is 5.69 Å². The van der Waals surface area contributed by atoms with E-state index in [0.717, 1.165) is 38.4 Å². The Morgan fingerprint density at radius 3 is 3.04 bits per heavy atom. The van der Waals surface area contributed by atoms with Crippen LogP contribution in [0.25, 0.3) is 5.69 Å². The topological polar surface area (TPSA) is 39.5 Å². The Kier molecular flexibility index (Phi) is 4.11. The standard InChI is InChI=1S/C17H20FN3O2/c18-14-3-1-2-4-15(14)21-7-5-13(19-21)11-20-8-10-23-17-6-9-22-12-16(17)20/h1-5,7,16-17H,6,8-12H2. The summed E-state index contributed by atoms with van der Waals surface area (Å²) in [7, 11) is 0. The number of nitrogens with zero attached hydrogens (tertiary/aromatic N) is 3. The number of ether oxygens (including phenoxy) is 2. The highest BCUT2D eigenvalue weighted by atomic mass is 19.1. The summed E-state index contributed by atoms with van der Waals surface area (Å²) in [4.78, 5) is 2.36. The second kappa shape index (κ2) is 6.39. The summed E-state index contributed by atoms with van der Waals surface area (Å²) < 4.78 is 26.9. The average molecular weight is 317 g/mol. The van der Waals surface area contributed by atoms with Crippen molar-refractivity contribution in [1.29, 1.82) is 0 Å². The van der Waals surface area contributed by atoms with Crippen molar-refractivity contribution in [2.75, 3.05) is 26.4 Å². The van der Waals surface area contributed by atoms with E-state index in [1.807, 2.05) is 18.3 Å². The van der Waals surface area contributed by atoms with Gasteiger partial charge in [0.2, 0.25) is 0 Å². The van der Waals surface area contributed by atoms with Crippen LogP contribution in [0.15, 0.2) is 36.5 Å². The predicted molar refractivity (Wildman–Crippen MR) is 82.9 cm³/mol. The quantitative estimate of drug-likeness (QED) is 0.868. The van der Waals surface area contributed by atoms with E-state index in [1.165, 1.54) is 6.07 Å². The first-order chi connectivity index (χ1) is 11.3. The molecule has 5 nitrogen and oxygen atoms in total. The van der Waals surface area contributed by atoms with Gasteiger partial charge >= 0.3 is 0 Å². The van der Waals surface area contributed by atoms with Gasteiger partial charge in [0.1, 0.15) is 11.5 Å². The van der Waals surface area contributed by atoms with E-state index in [0.29, 0.717) is 12.3 Å². The van der Waals surface area contributed by atoms with E-state index in [9.17, 15) is 4.39 Å². The van der Waals surface area contributed by atoms with Crippen molar-refractivity contribution < 1.29 is 13.9 Å². The Morgan fingerprint density at radius 2 is 2.13 bits per heavy atom. The lowest BCUT2D eigenvalue weighted by Gasteiger charge is -2.43. The highest BCUT2D eigenvalue weighted by Crippen LogP contribution is 2.23. The van der Waals surface area contributed by atoms with Crippen LogP contribution in [-0.2, 0) is 16.0 Å². The van der Waals surface area contributed by atoms with Crippen molar-refractivity contribution in [2.45, 2.75) is 25.1 Å². The molecule has 1 aromatic heterocycles. The smallest absolute Gasteiger partial charge is 0.148 e. The van der Waals surface area contributed by atoms with Crippen LogP contribution in [0.2, 0.25) is 0 Å². The molecule has 2 unspecified atom stereocenters. The van der Waals surface area contributed by atoms with Gasteiger partial charge in [0.05, 0.1) is 31.1 Å². The van der Waals surface area contributed by atoms with E-state index in [1.54, 1.807) is 16.8 Å². The summed E-state index contributed by atoms with van der Waals surface area (Å²) in [5.41, 5.74) is 1.40. The third kappa shape index (κ3) is 3.02. The number of fused-ring (bicyclic) bond motifs is 1. The number of morpholine rings is 1. The summed E-state index contributed by atoms with van der Waals surface area (Å²) in [6.07, 6.45) is 3.01. The maximum absolute atomic E-state index is 13.9. The van der Waals surface area contributed by atoms with Gasteiger partial charge in [-0.2, -0.15) is 5.10 Å². The van der Waals surface area contributed by atoms with E-state index in [2.05, 4.69) is 10.00 Å². The van der Waals surface area contributed by atoms with Crippen LogP contribution < -0.4 is 0 Å². The third-order valence-corrected chi connectivity index (χ3v) is 4.55. The number of hydrogen-bond acceptors (Lipinski definition) is 4. The first kappa shape index (κ1) is 14.8. The Labute approximate surface area is 134 Å². The normalized spacial score (nSPS) is 25.3. The van der Waals surface area contributed by atoms with Crippen LogP contribution >= 0.6 is 0 Å². The molecule has 2 aliphatic rings. The lowest BCUT2D eigenvalue weighted by atomic mass is 10.0. The molecule has 2 fully saturated rings. The van der Waals surface area contributed by atoms with Crippen LogP contribution in [0, 0.1) is 5.82 Å². The fourth-order valence-corrected chi connectivity index (χ4v) is 3.35. The van der Waals surface area contributed by atoms with Gasteiger partial charge in [-0.25, -0.2) is 9.07 Å². The molecule has 122 valence electrons. The maximum atomic E-state index is 13.9. The van der Waals surface area contributed by atoms with Gasteiger partial charge in [0.25, 0.3) is 0 Å². The highest BCUT2D eigenvalue weighted by molar-refractivity contribution is 5.32. The zero-order valence-corrected chi connectivity index (χ0v) is 12.9. The van der Waals surface area contributed by atoms with E-state index >= 15 is 0 Å². The SMILES string of the molecule is Fc1ccccc1-n1ccc(CN2CCOC3CCOCC32)n1. The fourth-order valence-electron chi connectivity index (χ4n) is 3.35. The molecular formula is C17H20FN3O2. The molecule has 0 amide bonds. The number of halogens is 1. The predicted octanol–water partition coefficient (Wildman–Crippen LogP) is 2.00. The third-order valence-electron chi connectivity index (χ3n) is 4.55. The summed E-state index contributed by atoms with van der Waals surface area (Å²) in [6.45, 7) is 3.83. The lowest BCUT2D eigenvalue weighted by Crippen LogP contribution is -2.55. The van der Waals surface area contributed by atoms with Crippen LogP contribution in [0.1, 0.15) is 12.1 Å². The number of hydrogen-bond donors (Lipinski definition) is 0. The van der Waals surface area contributed by atoms with Gasteiger partial charge in [-0.05, 0) is 24.6 Å². The van der Waals surface area contributed by atoms with E-state index in [-0.39, 0.29) is 18.0 Å². The molecule has 23 heavy (non-hydrogen) atoms. The molecule has 6 heteroatoms. The minimum absolute atomic E-state index is 0.256. The lowest BCUT2D eigenvalue weighted by molar-refractivity contribution is -0.134. The Morgan fingerprint density at radius 1 is 1.22 bits per heavy atom. The largest absolute Gasteiger partial charge is 0.380 e. The van der Waals surface area contributed by atoms with Crippen molar-refractivity contribution in [2.24, 2.45) is 0 Å². The molecule has 0 bridgehead atoms. The van der Waals surface area contributed by atoms with Gasteiger partial charge in [0.15, 0.2) is 0 Å². The monoisotopic (exact) mass is 317 g/mol. The first-order valence-corrected chi connectivity index (χ1v) is 8.04. The van der Waals surface area contributed by atoms with Crippen LogP contribution in [-0.4, -0.2) is 53.2 Å². The molecule has 0 aliphatic carbocycles. The zero-order valence-electron chi connectivity index (χ0n) is 12.9. The molecule has 2 aliphatic heterocycles. The first-order valence-electron chi connectivity index (χ1n) is 8.04. The highest BCUT2D eigenvalue weighted by Gasteiger charge is 2.35. The molecule has 1 aromatic carbocycles. The summed E-state index contributed by atoms with van der Waals surface area (Å²) in [5.74, 6) is -0.269. The molecule has 4 rings (SSSR count). The van der Waals surface area contributed by atoms with Crippen LogP contribution in [0.4, 0.5) is 4.39 Å². The van der Waals surface area contributed by atoms with Gasteiger partial charge in [-0.15, -0.1) is 0 Å². The van der Waals surface area contributed by atoms with Crippen molar-refractivity contribution in [1.82, 2.24) is 14.7 Å². The number of benzene rings is 1. The van der Waals surface area contributed by atoms with E-state index in [4.69, 9.17) is 9.47 Å². The maximum Gasteiger partial charge on any atom is 0.148 e. The molecule has 2 aromatic rings. The van der Waals surface area contributed by atoms with Gasteiger partial charge in [-0.1, -0.05) is 12.1 Å². The Bertz CT molecular complexity index is 673. The molecule has 0 N–H and O–H groups in total. The molecule has 3 heterocycles. The Hall–Kier alpha value is -1.76. The second-order valence-corrected chi connectivity index (χ2v) is 6.01. The number of para-hydroxylation sites is 1. The van der Waals surface area contributed by atoms with Crippen LogP contribution in [0.5, 0.6) is 0 Å². The second-order valence-electron chi connectivity index (χ2n) is 6.01. The van der Waals surface area contributed by atoms with Crippen molar-refractivity contribution >= 4 is 0 Å². The van der Waals surface area contributed by atoms with Crippen molar-refractivity contribution in [3.63, 3.8) is 0 Å². The minimum atomic E-state index is -0.269. The number of aromatic nitrogens is 2. The number of rotatable bonds is 3. The van der Waals surface area contributed by atoms with Gasteiger partial charge < -0.3 is 9.47 Å². The molecule has 0 saturated carbocycles. The molecule has 0 spiro atoms. The van der Waals surface area contributed by atoms with Gasteiger partial charge in [0, 0.05) is 25.9 Å². The fraction of sp³-hybridized carbons (Fsp3) is 0.471.